The van der Waals surface area contributed by atoms with Crippen molar-refractivity contribution in [3.63, 3.8) is 0 Å². The summed E-state index contributed by atoms with van der Waals surface area (Å²) >= 11 is 0. The lowest BCUT2D eigenvalue weighted by atomic mass is 10.2. The number of pyridine rings is 2. The maximum absolute atomic E-state index is 12.6. The molecule has 0 saturated heterocycles. The van der Waals surface area contributed by atoms with Crippen LogP contribution in [-0.2, 0) is 18.0 Å². The Morgan fingerprint density at radius 2 is 2.04 bits per heavy atom. The molecule has 0 fully saturated rings. The molecule has 136 valence electrons. The van der Waals surface area contributed by atoms with Gasteiger partial charge in [0, 0.05) is 24.8 Å². The molecule has 0 unspecified atom stereocenters. The fourth-order valence-corrected chi connectivity index (χ4v) is 2.39. The lowest BCUT2D eigenvalue weighted by Gasteiger charge is -2.04. The number of carbonyl (C=O) groups excluding carboxylic acids is 1. The molecule has 3 heterocycles. The van der Waals surface area contributed by atoms with E-state index in [4.69, 9.17) is 0 Å². The molecule has 0 radical (unpaired) electrons. The number of aromatic nitrogens is 3. The van der Waals surface area contributed by atoms with Crippen LogP contribution in [0.1, 0.15) is 16.8 Å². The number of hydrogen-bond donors (Lipinski definition) is 1. The Morgan fingerprint density at radius 3 is 2.67 bits per heavy atom. The summed E-state index contributed by atoms with van der Waals surface area (Å²) in [5.41, 5.74) is 1.12. The highest BCUT2D eigenvalue weighted by Crippen LogP contribution is 2.28. The number of fused-ring (bicyclic) bond motifs is 1. The van der Waals surface area contributed by atoms with Crippen molar-refractivity contribution in [3.8, 4) is 11.8 Å². The van der Waals surface area contributed by atoms with Crippen LogP contribution in [0.5, 0.6) is 0 Å². The minimum absolute atomic E-state index is 0.212. The van der Waals surface area contributed by atoms with Gasteiger partial charge in [-0.2, -0.15) is 13.2 Å². The highest BCUT2D eigenvalue weighted by atomic mass is 19.4. The Hall–Kier alpha value is -3.60. The molecular weight excluding hydrogens is 357 g/mol. The maximum Gasteiger partial charge on any atom is 0.417 e. The Morgan fingerprint density at radius 1 is 1.26 bits per heavy atom. The van der Waals surface area contributed by atoms with Gasteiger partial charge in [-0.15, -0.1) is 0 Å². The quantitative estimate of drug-likeness (QED) is 0.555. The fraction of sp³-hybridized carbons (Fsp3) is 0.105. The number of nitrogens with zero attached hydrogens (tertiary/aromatic N) is 3. The second kappa shape index (κ2) is 6.96. The van der Waals surface area contributed by atoms with E-state index < -0.39 is 11.7 Å². The minimum atomic E-state index is -4.44. The van der Waals surface area contributed by atoms with Crippen molar-refractivity contribution < 1.29 is 18.0 Å². The number of halogens is 3. The first-order chi connectivity index (χ1) is 12.8. The molecule has 3 aromatic rings. The van der Waals surface area contributed by atoms with Crippen LogP contribution in [-0.4, -0.2) is 20.4 Å². The Kier molecular flexibility index (Phi) is 4.69. The van der Waals surface area contributed by atoms with E-state index >= 15 is 0 Å². The van der Waals surface area contributed by atoms with Crippen molar-refractivity contribution in [2.45, 2.75) is 6.18 Å². The van der Waals surface area contributed by atoms with Gasteiger partial charge in [0.1, 0.15) is 11.3 Å². The van der Waals surface area contributed by atoms with Crippen molar-refractivity contribution in [1.29, 1.82) is 0 Å². The fourth-order valence-electron chi connectivity index (χ4n) is 2.39. The van der Waals surface area contributed by atoms with Gasteiger partial charge in [-0.25, -0.2) is 9.97 Å². The number of anilines is 1. The second-order valence-electron chi connectivity index (χ2n) is 5.62. The van der Waals surface area contributed by atoms with Crippen molar-refractivity contribution in [2.75, 3.05) is 5.32 Å². The second-order valence-corrected chi connectivity index (χ2v) is 5.62. The Balaban J connectivity index is 1.95. The Labute approximate surface area is 152 Å². The first-order valence-corrected chi connectivity index (χ1v) is 7.71. The van der Waals surface area contributed by atoms with Gasteiger partial charge in [-0.05, 0) is 30.2 Å². The molecular formula is C19H13F3N4O. The zero-order valence-corrected chi connectivity index (χ0v) is 14.1. The number of carbonyl (C=O) groups is 1. The predicted octanol–water partition coefficient (Wildman–Crippen LogP) is 3.51. The highest BCUT2D eigenvalue weighted by Gasteiger charge is 2.30. The molecule has 3 aromatic heterocycles. The SMILES string of the molecule is C=CC(=O)Nc1cnc2c(c1)c(C#Cc1ccc(C(F)(F)F)cn1)cn2C. The van der Waals surface area contributed by atoms with E-state index in [1.165, 1.54) is 12.3 Å². The molecule has 5 nitrogen and oxygen atoms in total. The van der Waals surface area contributed by atoms with Gasteiger partial charge in [0.05, 0.1) is 23.0 Å². The minimum Gasteiger partial charge on any atom is -0.334 e. The summed E-state index contributed by atoms with van der Waals surface area (Å²) in [6.07, 6.45) is 0.711. The van der Waals surface area contributed by atoms with Gasteiger partial charge in [-0.3, -0.25) is 4.79 Å². The molecule has 8 heteroatoms. The van der Waals surface area contributed by atoms with Gasteiger partial charge >= 0.3 is 6.18 Å². The standard InChI is InChI=1S/C19H13F3N4O/c1-3-17(27)25-15-8-16-12(11-26(2)18(16)24-10-15)4-6-14-7-5-13(9-23-14)19(20,21)22/h3,5,7-11H,1H2,2H3,(H,25,27). The average molecular weight is 370 g/mol. The summed E-state index contributed by atoms with van der Waals surface area (Å²) in [7, 11) is 1.79. The van der Waals surface area contributed by atoms with E-state index in [0.29, 0.717) is 22.3 Å². The number of nitrogens with one attached hydrogen (secondary N) is 1. The summed E-state index contributed by atoms with van der Waals surface area (Å²) in [6.45, 7) is 3.39. The van der Waals surface area contributed by atoms with E-state index in [1.54, 1.807) is 23.9 Å². The monoisotopic (exact) mass is 370 g/mol. The third-order valence-corrected chi connectivity index (χ3v) is 3.68. The van der Waals surface area contributed by atoms with Crippen LogP contribution in [0.4, 0.5) is 18.9 Å². The van der Waals surface area contributed by atoms with Crippen LogP contribution < -0.4 is 5.32 Å². The normalized spacial score (nSPS) is 11.0. The van der Waals surface area contributed by atoms with Gasteiger partial charge in [-0.1, -0.05) is 12.5 Å². The number of alkyl halides is 3. The number of aryl methyl sites for hydroxylation is 1. The average Bonchev–Trinajstić information content (AvgIpc) is 2.95. The summed E-state index contributed by atoms with van der Waals surface area (Å²) in [5, 5.41) is 3.31. The lowest BCUT2D eigenvalue weighted by Crippen LogP contribution is -2.07. The van der Waals surface area contributed by atoms with E-state index in [2.05, 4.69) is 33.7 Å². The molecule has 3 rings (SSSR count). The van der Waals surface area contributed by atoms with Crippen LogP contribution in [0.25, 0.3) is 11.0 Å². The molecule has 1 N–H and O–H groups in total. The molecule has 0 spiro atoms. The zero-order valence-electron chi connectivity index (χ0n) is 14.1. The predicted molar refractivity (Wildman–Crippen MR) is 94.8 cm³/mol. The summed E-state index contributed by atoms with van der Waals surface area (Å²) in [5.74, 6) is 5.27. The van der Waals surface area contributed by atoms with E-state index in [-0.39, 0.29) is 11.6 Å². The Bertz CT molecular complexity index is 1090. The molecule has 1 amide bonds. The van der Waals surface area contributed by atoms with Crippen LogP contribution in [0.3, 0.4) is 0 Å². The topological polar surface area (TPSA) is 59.8 Å². The number of amides is 1. The van der Waals surface area contributed by atoms with Crippen molar-refractivity contribution in [1.82, 2.24) is 14.5 Å². The molecule has 0 aliphatic heterocycles. The summed E-state index contributed by atoms with van der Waals surface area (Å²) < 4.78 is 39.5. The van der Waals surface area contributed by atoms with Crippen molar-refractivity contribution in [2.24, 2.45) is 7.05 Å². The number of hydrogen-bond acceptors (Lipinski definition) is 3. The van der Waals surface area contributed by atoms with Crippen LogP contribution in [0.15, 0.2) is 49.4 Å². The lowest BCUT2D eigenvalue weighted by molar-refractivity contribution is -0.137. The van der Waals surface area contributed by atoms with Crippen LogP contribution in [0, 0.1) is 11.8 Å². The molecule has 0 aliphatic rings. The van der Waals surface area contributed by atoms with Gasteiger partial charge < -0.3 is 9.88 Å². The van der Waals surface area contributed by atoms with E-state index in [9.17, 15) is 18.0 Å². The van der Waals surface area contributed by atoms with Gasteiger partial charge in [0.15, 0.2) is 0 Å². The molecule has 0 atom stereocenters. The molecule has 0 saturated carbocycles. The first-order valence-electron chi connectivity index (χ1n) is 7.71. The summed E-state index contributed by atoms with van der Waals surface area (Å²) in [4.78, 5) is 19.5. The van der Waals surface area contributed by atoms with Crippen molar-refractivity contribution in [3.05, 3.63) is 66.3 Å². The molecule has 0 bridgehead atoms. The van der Waals surface area contributed by atoms with Gasteiger partial charge in [0.25, 0.3) is 0 Å². The van der Waals surface area contributed by atoms with Gasteiger partial charge in [0.2, 0.25) is 5.91 Å². The third-order valence-electron chi connectivity index (χ3n) is 3.68. The van der Waals surface area contributed by atoms with Crippen LogP contribution >= 0.6 is 0 Å². The molecule has 0 aliphatic carbocycles. The molecule has 0 aromatic carbocycles. The smallest absolute Gasteiger partial charge is 0.334 e. The summed E-state index contributed by atoms with van der Waals surface area (Å²) in [6, 6.07) is 3.87. The van der Waals surface area contributed by atoms with E-state index in [0.717, 1.165) is 18.3 Å². The zero-order chi connectivity index (χ0) is 19.6. The van der Waals surface area contributed by atoms with E-state index in [1.807, 2.05) is 0 Å². The first kappa shape index (κ1) is 18.2. The van der Waals surface area contributed by atoms with Crippen molar-refractivity contribution >= 4 is 22.6 Å². The number of rotatable bonds is 2. The third kappa shape index (κ3) is 3.98. The van der Waals surface area contributed by atoms with Crippen LogP contribution in [0.2, 0.25) is 0 Å². The highest BCUT2D eigenvalue weighted by molar-refractivity contribution is 6.00. The maximum atomic E-state index is 12.6. The largest absolute Gasteiger partial charge is 0.417 e. The molecule has 27 heavy (non-hydrogen) atoms.